The number of ether oxygens (including phenoxy) is 1. The van der Waals surface area contributed by atoms with Crippen LogP contribution in [0, 0.1) is 6.92 Å². The molecule has 2 aliphatic rings. The Morgan fingerprint density at radius 3 is 2.78 bits per heavy atom. The molecule has 0 aromatic carbocycles. The summed E-state index contributed by atoms with van der Waals surface area (Å²) in [6.45, 7) is 7.67. The Labute approximate surface area is 192 Å². The van der Waals surface area contributed by atoms with Crippen LogP contribution in [0.1, 0.15) is 38.1 Å². The van der Waals surface area contributed by atoms with E-state index in [-0.39, 0.29) is 11.8 Å². The van der Waals surface area contributed by atoms with Gasteiger partial charge >= 0.3 is 0 Å². The van der Waals surface area contributed by atoms with Crippen LogP contribution in [0.5, 0.6) is 0 Å². The summed E-state index contributed by atoms with van der Waals surface area (Å²) in [4.78, 5) is 19.5. The molecule has 0 amide bonds. The van der Waals surface area contributed by atoms with Gasteiger partial charge in [0, 0.05) is 29.3 Å². The van der Waals surface area contributed by atoms with Crippen molar-refractivity contribution in [3.63, 3.8) is 0 Å². The quantitative estimate of drug-likeness (QED) is 0.577. The summed E-state index contributed by atoms with van der Waals surface area (Å²) in [5.74, 6) is 1.33. The average Bonchev–Trinajstić information content (AvgIpc) is 3.25. The molecule has 3 aromatic rings. The van der Waals surface area contributed by atoms with Crippen LogP contribution in [0.15, 0.2) is 18.2 Å². The topological polar surface area (TPSA) is 101 Å². The van der Waals surface area contributed by atoms with Gasteiger partial charge in [0.2, 0.25) is 0 Å². The number of aromatic nitrogens is 4. The molecule has 3 aromatic heterocycles. The molecule has 1 N–H and O–H groups in total. The van der Waals surface area contributed by atoms with E-state index in [2.05, 4.69) is 21.8 Å². The number of aromatic amines is 1. The molecule has 2 saturated heterocycles. The number of sulfone groups is 1. The minimum atomic E-state index is -3.32. The van der Waals surface area contributed by atoms with E-state index in [1.54, 1.807) is 13.0 Å². The number of halogens is 1. The maximum atomic E-state index is 13.0. The molecular formula is C22H26ClN5O3S. The Kier molecular flexibility index (Phi) is 5.18. The third-order valence-corrected chi connectivity index (χ3v) is 9.42. The maximum absolute atomic E-state index is 13.0. The second kappa shape index (κ2) is 7.67. The Morgan fingerprint density at radius 1 is 1.25 bits per heavy atom. The molecular weight excluding hydrogens is 450 g/mol. The molecule has 0 spiro atoms. The summed E-state index contributed by atoms with van der Waals surface area (Å²) in [6, 6.07) is 5.68. The van der Waals surface area contributed by atoms with Crippen molar-refractivity contribution >= 4 is 38.3 Å². The van der Waals surface area contributed by atoms with Gasteiger partial charge in [0.1, 0.15) is 21.4 Å². The summed E-state index contributed by atoms with van der Waals surface area (Å²) < 4.78 is 30.6. The Morgan fingerprint density at radius 2 is 2.06 bits per heavy atom. The predicted octanol–water partition coefficient (Wildman–Crippen LogP) is 3.63. The van der Waals surface area contributed by atoms with Crippen LogP contribution in [0.2, 0.25) is 5.15 Å². The summed E-state index contributed by atoms with van der Waals surface area (Å²) in [5, 5.41) is 1.17. The van der Waals surface area contributed by atoms with E-state index in [0.717, 1.165) is 16.6 Å². The SMILES string of the molecule is Cc1cc2c(-c3nc(N4CCOC[C@H]4C)cc([C@@]4(C)CCCS4(=O)=O)n3)cc(Cl)nc2[nH]1. The van der Waals surface area contributed by atoms with Gasteiger partial charge in [-0.2, -0.15) is 0 Å². The number of hydrogen-bond acceptors (Lipinski definition) is 7. The lowest BCUT2D eigenvalue weighted by atomic mass is 10.0. The predicted molar refractivity (Wildman–Crippen MR) is 125 cm³/mol. The average molecular weight is 476 g/mol. The first-order valence-electron chi connectivity index (χ1n) is 10.8. The van der Waals surface area contributed by atoms with Gasteiger partial charge in [-0.3, -0.25) is 0 Å². The molecule has 5 rings (SSSR count). The fourth-order valence-electron chi connectivity index (χ4n) is 4.70. The molecule has 5 heterocycles. The van der Waals surface area contributed by atoms with Crippen LogP contribution < -0.4 is 4.90 Å². The molecule has 32 heavy (non-hydrogen) atoms. The Bertz CT molecular complexity index is 1310. The highest BCUT2D eigenvalue weighted by molar-refractivity contribution is 7.92. The number of pyridine rings is 1. The Hall–Kier alpha value is -2.23. The van der Waals surface area contributed by atoms with Crippen molar-refractivity contribution in [1.82, 2.24) is 19.9 Å². The van der Waals surface area contributed by atoms with Gasteiger partial charge in [-0.25, -0.2) is 23.4 Å². The number of H-pyrrole nitrogens is 1. The number of rotatable bonds is 3. The van der Waals surface area contributed by atoms with Crippen molar-refractivity contribution in [2.24, 2.45) is 0 Å². The first kappa shape index (κ1) is 21.6. The van der Waals surface area contributed by atoms with Gasteiger partial charge in [-0.1, -0.05) is 11.6 Å². The lowest BCUT2D eigenvalue weighted by Gasteiger charge is -2.35. The largest absolute Gasteiger partial charge is 0.377 e. The number of hydrogen-bond donors (Lipinski definition) is 1. The van der Waals surface area contributed by atoms with Crippen molar-refractivity contribution in [2.45, 2.75) is 44.4 Å². The third kappa shape index (κ3) is 3.47. The number of morpholine rings is 1. The number of nitrogens with one attached hydrogen (secondary N) is 1. The molecule has 0 radical (unpaired) electrons. The van der Waals surface area contributed by atoms with E-state index in [4.69, 9.17) is 26.3 Å². The molecule has 2 fully saturated rings. The Balaban J connectivity index is 1.76. The monoisotopic (exact) mass is 475 g/mol. The minimum absolute atomic E-state index is 0.114. The van der Waals surface area contributed by atoms with Gasteiger partial charge in [-0.15, -0.1) is 0 Å². The fourth-order valence-corrected chi connectivity index (χ4v) is 6.74. The molecule has 0 saturated carbocycles. The van der Waals surface area contributed by atoms with E-state index in [1.807, 2.05) is 19.1 Å². The highest BCUT2D eigenvalue weighted by Crippen LogP contribution is 2.42. The number of anilines is 1. The maximum Gasteiger partial charge on any atom is 0.162 e. The van der Waals surface area contributed by atoms with Crippen molar-refractivity contribution in [3.8, 4) is 11.4 Å². The molecule has 10 heteroatoms. The van der Waals surface area contributed by atoms with Crippen LogP contribution in [-0.2, 0) is 19.3 Å². The zero-order valence-electron chi connectivity index (χ0n) is 18.4. The summed E-state index contributed by atoms with van der Waals surface area (Å²) in [5.41, 5.74) is 2.86. The first-order chi connectivity index (χ1) is 15.2. The van der Waals surface area contributed by atoms with E-state index < -0.39 is 14.6 Å². The zero-order chi connectivity index (χ0) is 22.7. The van der Waals surface area contributed by atoms with Crippen LogP contribution in [-0.4, -0.2) is 59.9 Å². The van der Waals surface area contributed by atoms with Crippen LogP contribution in [0.3, 0.4) is 0 Å². The van der Waals surface area contributed by atoms with Gasteiger partial charge in [-0.05, 0) is 45.7 Å². The van der Waals surface area contributed by atoms with Crippen molar-refractivity contribution in [1.29, 1.82) is 0 Å². The van der Waals surface area contributed by atoms with Gasteiger partial charge in [0.25, 0.3) is 0 Å². The third-order valence-electron chi connectivity index (χ3n) is 6.61. The van der Waals surface area contributed by atoms with Gasteiger partial charge < -0.3 is 14.6 Å². The lowest BCUT2D eigenvalue weighted by Crippen LogP contribution is -2.44. The van der Waals surface area contributed by atoms with Crippen LogP contribution >= 0.6 is 11.6 Å². The smallest absolute Gasteiger partial charge is 0.162 e. The van der Waals surface area contributed by atoms with Gasteiger partial charge in [0.05, 0.1) is 30.7 Å². The molecule has 2 atom stereocenters. The van der Waals surface area contributed by atoms with E-state index in [1.165, 1.54) is 0 Å². The number of aryl methyl sites for hydroxylation is 1. The first-order valence-corrected chi connectivity index (χ1v) is 12.8. The summed E-state index contributed by atoms with van der Waals surface area (Å²) >= 11 is 6.32. The molecule has 170 valence electrons. The molecule has 2 aliphatic heterocycles. The molecule has 0 bridgehead atoms. The van der Waals surface area contributed by atoms with Crippen LogP contribution in [0.4, 0.5) is 5.82 Å². The van der Waals surface area contributed by atoms with Crippen LogP contribution in [0.25, 0.3) is 22.4 Å². The lowest BCUT2D eigenvalue weighted by molar-refractivity contribution is 0.0985. The molecule has 8 nitrogen and oxygen atoms in total. The van der Waals surface area contributed by atoms with Gasteiger partial charge in [0.15, 0.2) is 15.7 Å². The molecule has 0 unspecified atom stereocenters. The minimum Gasteiger partial charge on any atom is -0.377 e. The zero-order valence-corrected chi connectivity index (χ0v) is 19.9. The standard InChI is InChI=1S/C22H26ClN5O3S/c1-13-9-15-16(10-18(23)26-20(15)24-13)21-25-17(22(3)5-4-8-32(22,29)30)11-19(27-21)28-6-7-31-12-14(28)2/h9-11,14H,4-8,12H2,1-3H3,(H,24,26)/t14-,22-/m1/s1. The highest BCUT2D eigenvalue weighted by atomic mass is 35.5. The van der Waals surface area contributed by atoms with E-state index >= 15 is 0 Å². The van der Waals surface area contributed by atoms with E-state index in [0.29, 0.717) is 60.7 Å². The van der Waals surface area contributed by atoms with Crippen molar-refractivity contribution in [2.75, 3.05) is 30.4 Å². The fraction of sp³-hybridized carbons (Fsp3) is 0.500. The normalized spacial score (nSPS) is 25.5. The molecule has 0 aliphatic carbocycles. The summed E-state index contributed by atoms with van der Waals surface area (Å²) in [6.07, 6.45) is 1.17. The van der Waals surface area contributed by atoms with Crippen molar-refractivity contribution < 1.29 is 13.2 Å². The number of nitrogens with zero attached hydrogens (tertiary/aromatic N) is 4. The second-order valence-electron chi connectivity index (χ2n) is 8.91. The summed E-state index contributed by atoms with van der Waals surface area (Å²) in [7, 11) is -3.32. The van der Waals surface area contributed by atoms with E-state index in [9.17, 15) is 8.42 Å². The number of fused-ring (bicyclic) bond motifs is 1. The second-order valence-corrected chi connectivity index (χ2v) is 11.8. The van der Waals surface area contributed by atoms with Crippen molar-refractivity contribution in [3.05, 3.63) is 34.7 Å². The highest BCUT2D eigenvalue weighted by Gasteiger charge is 2.47.